The van der Waals surface area contributed by atoms with Gasteiger partial charge < -0.3 is 9.47 Å². The summed E-state index contributed by atoms with van der Waals surface area (Å²) in [6.07, 6.45) is 4.91. The van der Waals surface area contributed by atoms with Gasteiger partial charge in [0, 0.05) is 50.5 Å². The first-order chi connectivity index (χ1) is 12.7. The number of benzene rings is 1. The first kappa shape index (κ1) is 17.6. The van der Waals surface area contributed by atoms with E-state index in [0.29, 0.717) is 5.92 Å². The molecule has 26 heavy (non-hydrogen) atoms. The number of hydrogen-bond acceptors (Lipinski definition) is 4. The smallest absolute Gasteiger partial charge is 0.118 e. The fraction of sp³-hybridized carbons (Fsp3) is 0.571. The van der Waals surface area contributed by atoms with Crippen LogP contribution < -0.4 is 4.74 Å². The molecular weight excluding hydrogens is 326 g/mol. The molecule has 5 heteroatoms. The van der Waals surface area contributed by atoms with Crippen molar-refractivity contribution in [2.45, 2.75) is 45.3 Å². The molecule has 2 aliphatic rings. The molecule has 2 heterocycles. The predicted molar refractivity (Wildman–Crippen MR) is 101 cm³/mol. The Morgan fingerprint density at radius 1 is 1.15 bits per heavy atom. The van der Waals surface area contributed by atoms with E-state index in [0.717, 1.165) is 51.1 Å². The number of hydrogen-bond donors (Lipinski definition) is 0. The summed E-state index contributed by atoms with van der Waals surface area (Å²) >= 11 is 0. The molecule has 1 aliphatic carbocycles. The highest BCUT2D eigenvalue weighted by atomic mass is 16.5. The Kier molecular flexibility index (Phi) is 5.27. The van der Waals surface area contributed by atoms with Crippen molar-refractivity contribution in [2.75, 3.05) is 26.9 Å². The molecule has 0 bridgehead atoms. The molecule has 1 fully saturated rings. The Labute approximate surface area is 155 Å². The van der Waals surface area contributed by atoms with Crippen molar-refractivity contribution in [1.82, 2.24) is 14.7 Å². The lowest BCUT2D eigenvalue weighted by molar-refractivity contribution is 0.0890. The van der Waals surface area contributed by atoms with Gasteiger partial charge in [-0.1, -0.05) is 12.1 Å². The van der Waals surface area contributed by atoms with E-state index in [-0.39, 0.29) is 0 Å². The van der Waals surface area contributed by atoms with Crippen LogP contribution in [0.25, 0.3) is 0 Å². The van der Waals surface area contributed by atoms with Gasteiger partial charge in [0.15, 0.2) is 0 Å². The molecule has 0 N–H and O–H groups in total. The lowest BCUT2D eigenvalue weighted by Crippen LogP contribution is -2.34. The number of rotatable bonds is 8. The third-order valence-electron chi connectivity index (χ3n) is 5.42. The maximum Gasteiger partial charge on any atom is 0.118 e. The van der Waals surface area contributed by atoms with E-state index in [2.05, 4.69) is 34.8 Å². The average Bonchev–Trinajstić information content (AvgIpc) is 3.39. The maximum atomic E-state index is 6.05. The van der Waals surface area contributed by atoms with Crippen molar-refractivity contribution >= 4 is 0 Å². The van der Waals surface area contributed by atoms with Gasteiger partial charge in [-0.25, -0.2) is 0 Å². The first-order valence-electron chi connectivity index (χ1n) is 9.74. The van der Waals surface area contributed by atoms with Crippen LogP contribution in [0.5, 0.6) is 5.75 Å². The Bertz CT molecular complexity index is 721. The van der Waals surface area contributed by atoms with Crippen LogP contribution in [-0.4, -0.2) is 41.5 Å². The van der Waals surface area contributed by atoms with Gasteiger partial charge in [-0.3, -0.25) is 9.58 Å². The molecule has 5 nitrogen and oxygen atoms in total. The zero-order valence-electron chi connectivity index (χ0n) is 15.9. The van der Waals surface area contributed by atoms with Crippen LogP contribution in [-0.2, 0) is 24.4 Å². The fourth-order valence-corrected chi connectivity index (χ4v) is 3.70. The third kappa shape index (κ3) is 4.10. The van der Waals surface area contributed by atoms with Gasteiger partial charge in [-0.2, -0.15) is 5.10 Å². The predicted octanol–water partition coefficient (Wildman–Crippen LogP) is 3.44. The Hall–Kier alpha value is -1.85. The van der Waals surface area contributed by atoms with Crippen molar-refractivity contribution in [3.05, 3.63) is 47.3 Å². The Balaban J connectivity index is 1.45. The highest BCUT2D eigenvalue weighted by Gasteiger charge is 2.29. The molecule has 1 aromatic heterocycles. The summed E-state index contributed by atoms with van der Waals surface area (Å²) < 4.78 is 13.4. The summed E-state index contributed by atoms with van der Waals surface area (Å²) in [5.74, 6) is 2.13. The molecule has 0 spiro atoms. The molecule has 140 valence electrons. The quantitative estimate of drug-likeness (QED) is 0.727. The molecule has 0 amide bonds. The second-order valence-electron chi connectivity index (χ2n) is 7.58. The second kappa shape index (κ2) is 7.80. The minimum absolute atomic E-state index is 0.413. The molecule has 2 aromatic rings. The summed E-state index contributed by atoms with van der Waals surface area (Å²) in [6.45, 7) is 7.66. The van der Waals surface area contributed by atoms with Crippen molar-refractivity contribution in [3.63, 3.8) is 0 Å². The van der Waals surface area contributed by atoms with Crippen molar-refractivity contribution in [1.29, 1.82) is 0 Å². The van der Waals surface area contributed by atoms with Gasteiger partial charge in [-0.05, 0) is 43.4 Å². The average molecular weight is 355 g/mol. The van der Waals surface area contributed by atoms with E-state index in [1.165, 1.54) is 29.7 Å². The van der Waals surface area contributed by atoms with E-state index in [1.807, 2.05) is 12.1 Å². The first-order valence-corrected chi connectivity index (χ1v) is 9.74. The Morgan fingerprint density at radius 2 is 1.96 bits per heavy atom. The van der Waals surface area contributed by atoms with Gasteiger partial charge in [0.05, 0.1) is 19.4 Å². The maximum absolute atomic E-state index is 6.05. The van der Waals surface area contributed by atoms with Crippen LogP contribution in [0, 0.1) is 5.92 Å². The van der Waals surface area contributed by atoms with Gasteiger partial charge >= 0.3 is 0 Å². The molecule has 1 aliphatic heterocycles. The van der Waals surface area contributed by atoms with Crippen LogP contribution in [0.4, 0.5) is 0 Å². The topological polar surface area (TPSA) is 39.5 Å². The normalized spacial score (nSPS) is 20.2. The van der Waals surface area contributed by atoms with Crippen LogP contribution in [0.15, 0.2) is 30.5 Å². The molecule has 1 aromatic carbocycles. The molecule has 1 unspecified atom stereocenters. The zero-order valence-corrected chi connectivity index (χ0v) is 15.9. The summed E-state index contributed by atoms with van der Waals surface area (Å²) in [6, 6.07) is 8.37. The summed E-state index contributed by atoms with van der Waals surface area (Å²) in [7, 11) is 1.71. The molecule has 1 atom stereocenters. The van der Waals surface area contributed by atoms with Crippen LogP contribution in [0.3, 0.4) is 0 Å². The fourth-order valence-electron chi connectivity index (χ4n) is 3.70. The highest BCUT2D eigenvalue weighted by molar-refractivity contribution is 5.29. The zero-order chi connectivity index (χ0) is 17.9. The lowest BCUT2D eigenvalue weighted by Gasteiger charge is -2.32. The highest BCUT2D eigenvalue weighted by Crippen LogP contribution is 2.32. The molecule has 0 radical (unpaired) electrons. The number of ether oxygens (including phenoxy) is 2. The van der Waals surface area contributed by atoms with E-state index in [4.69, 9.17) is 14.6 Å². The Morgan fingerprint density at radius 3 is 2.65 bits per heavy atom. The van der Waals surface area contributed by atoms with Crippen molar-refractivity contribution in [3.8, 4) is 5.75 Å². The van der Waals surface area contributed by atoms with E-state index < -0.39 is 0 Å². The number of fused-ring (bicyclic) bond motifs is 1. The summed E-state index contributed by atoms with van der Waals surface area (Å²) in [5, 5.41) is 4.79. The largest absolute Gasteiger partial charge is 0.497 e. The number of methoxy groups -OCH3 is 1. The van der Waals surface area contributed by atoms with Gasteiger partial charge in [0.2, 0.25) is 0 Å². The third-order valence-corrected chi connectivity index (χ3v) is 5.42. The van der Waals surface area contributed by atoms with Crippen LogP contribution in [0.2, 0.25) is 0 Å². The number of nitrogens with zero attached hydrogens (tertiary/aromatic N) is 3. The minimum atomic E-state index is 0.413. The standard InChI is InChI=1S/C21H29N3O2/c1-3-24-12-20-18(15-26-14-17-4-5-17)11-23(13-21(20)22-24)10-16-6-8-19(25-2)9-7-16/h6-9,12,17-18H,3-5,10-11,13-15H2,1-2H3. The number of aryl methyl sites for hydroxylation is 1. The monoisotopic (exact) mass is 355 g/mol. The summed E-state index contributed by atoms with van der Waals surface area (Å²) in [4.78, 5) is 2.49. The number of aromatic nitrogens is 2. The van der Waals surface area contributed by atoms with E-state index in [1.54, 1.807) is 7.11 Å². The van der Waals surface area contributed by atoms with Gasteiger partial charge in [0.25, 0.3) is 0 Å². The van der Waals surface area contributed by atoms with E-state index >= 15 is 0 Å². The molecular formula is C21H29N3O2. The minimum Gasteiger partial charge on any atom is -0.497 e. The van der Waals surface area contributed by atoms with Crippen LogP contribution >= 0.6 is 0 Å². The molecule has 0 saturated heterocycles. The molecule has 1 saturated carbocycles. The van der Waals surface area contributed by atoms with Gasteiger partial charge in [0.1, 0.15) is 5.75 Å². The summed E-state index contributed by atoms with van der Waals surface area (Å²) in [5.41, 5.74) is 3.90. The van der Waals surface area contributed by atoms with Crippen LogP contribution in [0.1, 0.15) is 42.5 Å². The second-order valence-corrected chi connectivity index (χ2v) is 7.58. The lowest BCUT2D eigenvalue weighted by atomic mass is 9.95. The van der Waals surface area contributed by atoms with Crippen molar-refractivity contribution < 1.29 is 9.47 Å². The van der Waals surface area contributed by atoms with Gasteiger partial charge in [-0.15, -0.1) is 0 Å². The van der Waals surface area contributed by atoms with Crippen molar-refractivity contribution in [2.24, 2.45) is 5.92 Å². The molecule has 4 rings (SSSR count). The van der Waals surface area contributed by atoms with E-state index in [9.17, 15) is 0 Å². The SMILES string of the molecule is CCn1cc2c(n1)CN(Cc1ccc(OC)cc1)CC2COCC1CC1.